The van der Waals surface area contributed by atoms with E-state index in [4.69, 9.17) is 11.1 Å². The summed E-state index contributed by atoms with van der Waals surface area (Å²) in [7, 11) is 0. The van der Waals surface area contributed by atoms with E-state index in [-0.39, 0.29) is 5.96 Å². The standard InChI is InChI=1S/C6H12N4O/c1-4-3-6(2,11)10(9-4)5(7)8/h11H,3H2,1-2H3,(H3,7,8)/t6-/m1/s1. The van der Waals surface area contributed by atoms with Gasteiger partial charge in [-0.1, -0.05) is 0 Å². The maximum Gasteiger partial charge on any atom is 0.211 e. The van der Waals surface area contributed by atoms with Gasteiger partial charge in [0.15, 0.2) is 5.72 Å². The number of rotatable bonds is 0. The molecule has 5 heteroatoms. The Morgan fingerprint density at radius 3 is 2.64 bits per heavy atom. The van der Waals surface area contributed by atoms with Gasteiger partial charge in [0.05, 0.1) is 0 Å². The van der Waals surface area contributed by atoms with E-state index in [2.05, 4.69) is 5.10 Å². The molecule has 11 heavy (non-hydrogen) atoms. The Bertz CT molecular complexity index is 221. The van der Waals surface area contributed by atoms with Crippen LogP contribution >= 0.6 is 0 Å². The molecule has 0 aliphatic carbocycles. The molecule has 0 aromatic rings. The Morgan fingerprint density at radius 2 is 2.45 bits per heavy atom. The smallest absolute Gasteiger partial charge is 0.211 e. The van der Waals surface area contributed by atoms with Crippen molar-refractivity contribution in [3.63, 3.8) is 0 Å². The van der Waals surface area contributed by atoms with E-state index in [1.54, 1.807) is 13.8 Å². The summed E-state index contributed by atoms with van der Waals surface area (Å²) in [6.07, 6.45) is 0.437. The lowest BCUT2D eigenvalue weighted by molar-refractivity contribution is -0.0340. The van der Waals surface area contributed by atoms with Crippen molar-refractivity contribution >= 4 is 11.7 Å². The van der Waals surface area contributed by atoms with Crippen molar-refractivity contribution in [2.75, 3.05) is 0 Å². The zero-order valence-corrected chi connectivity index (χ0v) is 6.63. The first-order valence-corrected chi connectivity index (χ1v) is 3.34. The fraction of sp³-hybridized carbons (Fsp3) is 0.667. The molecule has 0 spiro atoms. The molecule has 0 saturated heterocycles. The summed E-state index contributed by atoms with van der Waals surface area (Å²) in [4.78, 5) is 0. The third-order valence-corrected chi connectivity index (χ3v) is 1.55. The van der Waals surface area contributed by atoms with Crippen LogP contribution in [0.4, 0.5) is 0 Å². The number of guanidine groups is 1. The van der Waals surface area contributed by atoms with Crippen LogP contribution in [0, 0.1) is 5.41 Å². The summed E-state index contributed by atoms with van der Waals surface area (Å²) in [6.45, 7) is 3.37. The van der Waals surface area contributed by atoms with Gasteiger partial charge in [-0.25, -0.2) is 5.01 Å². The van der Waals surface area contributed by atoms with Gasteiger partial charge in [0.1, 0.15) is 0 Å². The van der Waals surface area contributed by atoms with E-state index in [1.807, 2.05) is 0 Å². The summed E-state index contributed by atoms with van der Waals surface area (Å²) >= 11 is 0. The van der Waals surface area contributed by atoms with Gasteiger partial charge in [0.25, 0.3) is 0 Å². The molecular formula is C6H12N4O. The second-order valence-corrected chi connectivity index (χ2v) is 2.93. The average Bonchev–Trinajstić information content (AvgIpc) is 2.04. The molecule has 0 amide bonds. The van der Waals surface area contributed by atoms with Gasteiger partial charge in [-0.2, -0.15) is 5.10 Å². The molecule has 0 radical (unpaired) electrons. The quantitative estimate of drug-likeness (QED) is 0.331. The van der Waals surface area contributed by atoms with Gasteiger partial charge >= 0.3 is 0 Å². The van der Waals surface area contributed by atoms with E-state index in [0.717, 1.165) is 10.7 Å². The molecular weight excluding hydrogens is 144 g/mol. The predicted octanol–water partition coefficient (Wildman–Crippen LogP) is -0.330. The fourth-order valence-electron chi connectivity index (χ4n) is 1.19. The Labute approximate surface area is 65.0 Å². The number of aliphatic hydroxyl groups is 1. The van der Waals surface area contributed by atoms with Gasteiger partial charge in [0, 0.05) is 12.1 Å². The monoisotopic (exact) mass is 156 g/mol. The van der Waals surface area contributed by atoms with Crippen LogP contribution < -0.4 is 5.73 Å². The highest BCUT2D eigenvalue weighted by molar-refractivity contribution is 5.88. The Kier molecular flexibility index (Phi) is 1.60. The number of nitrogens with two attached hydrogens (primary N) is 1. The Balaban J connectivity index is 2.86. The lowest BCUT2D eigenvalue weighted by atomic mass is 10.1. The molecule has 1 rings (SSSR count). The highest BCUT2D eigenvalue weighted by Gasteiger charge is 2.36. The number of nitrogens with zero attached hydrogens (tertiary/aromatic N) is 2. The van der Waals surface area contributed by atoms with Crippen LogP contribution in [0.3, 0.4) is 0 Å². The molecule has 1 atom stereocenters. The summed E-state index contributed by atoms with van der Waals surface area (Å²) in [5.41, 5.74) is 4.85. The van der Waals surface area contributed by atoms with E-state index in [9.17, 15) is 5.11 Å². The van der Waals surface area contributed by atoms with Crippen LogP contribution in [0.1, 0.15) is 20.3 Å². The van der Waals surface area contributed by atoms with Crippen LogP contribution in [-0.2, 0) is 0 Å². The molecule has 0 unspecified atom stereocenters. The number of hydrazone groups is 1. The molecule has 1 aliphatic rings. The zero-order chi connectivity index (χ0) is 8.65. The molecule has 1 heterocycles. The highest BCUT2D eigenvalue weighted by Crippen LogP contribution is 2.23. The second-order valence-electron chi connectivity index (χ2n) is 2.93. The maximum atomic E-state index is 9.59. The van der Waals surface area contributed by atoms with Gasteiger partial charge < -0.3 is 10.8 Å². The van der Waals surface area contributed by atoms with Crippen LogP contribution in [0.25, 0.3) is 0 Å². The summed E-state index contributed by atoms with van der Waals surface area (Å²) in [6, 6.07) is 0. The minimum Gasteiger partial charge on any atom is -0.369 e. The first-order chi connectivity index (χ1) is 4.93. The molecule has 0 aromatic heterocycles. The van der Waals surface area contributed by atoms with Gasteiger partial charge in [-0.05, 0) is 13.8 Å². The minimum absolute atomic E-state index is 0.230. The molecule has 1 aliphatic heterocycles. The predicted molar refractivity (Wildman–Crippen MR) is 42.1 cm³/mol. The minimum atomic E-state index is -1.12. The van der Waals surface area contributed by atoms with Crippen molar-refractivity contribution < 1.29 is 5.11 Å². The molecule has 0 aromatic carbocycles. The lowest BCUT2D eigenvalue weighted by Crippen LogP contribution is -2.46. The van der Waals surface area contributed by atoms with Crippen LogP contribution in [0.2, 0.25) is 0 Å². The van der Waals surface area contributed by atoms with Crippen molar-refractivity contribution in [3.05, 3.63) is 0 Å². The van der Waals surface area contributed by atoms with Crippen LogP contribution in [0.5, 0.6) is 0 Å². The molecule has 0 saturated carbocycles. The third kappa shape index (κ3) is 1.32. The number of hydrogen-bond acceptors (Lipinski definition) is 3. The van der Waals surface area contributed by atoms with Crippen molar-refractivity contribution in [3.8, 4) is 0 Å². The Morgan fingerprint density at radius 1 is 1.91 bits per heavy atom. The molecule has 4 N–H and O–H groups in total. The van der Waals surface area contributed by atoms with E-state index in [1.165, 1.54) is 0 Å². The fourth-order valence-corrected chi connectivity index (χ4v) is 1.19. The third-order valence-electron chi connectivity index (χ3n) is 1.55. The number of nitrogens with one attached hydrogen (secondary N) is 1. The van der Waals surface area contributed by atoms with E-state index < -0.39 is 5.72 Å². The van der Waals surface area contributed by atoms with Gasteiger partial charge in [-0.15, -0.1) is 0 Å². The molecule has 0 bridgehead atoms. The molecule has 62 valence electrons. The summed E-state index contributed by atoms with van der Waals surface area (Å²) in [5.74, 6) is -0.230. The summed E-state index contributed by atoms with van der Waals surface area (Å²) < 4.78 is 0. The van der Waals surface area contributed by atoms with E-state index in [0.29, 0.717) is 6.42 Å². The van der Waals surface area contributed by atoms with Crippen molar-refractivity contribution in [2.24, 2.45) is 10.8 Å². The highest BCUT2D eigenvalue weighted by atomic mass is 16.3. The summed E-state index contributed by atoms with van der Waals surface area (Å²) in [5, 5.41) is 21.7. The SMILES string of the molecule is CC1=NN(C(=N)N)[C@](C)(O)C1. The Hall–Kier alpha value is -1.10. The van der Waals surface area contributed by atoms with Crippen molar-refractivity contribution in [2.45, 2.75) is 26.0 Å². The van der Waals surface area contributed by atoms with Crippen molar-refractivity contribution in [1.82, 2.24) is 5.01 Å². The second kappa shape index (κ2) is 2.20. The lowest BCUT2D eigenvalue weighted by Gasteiger charge is -2.26. The number of hydrogen-bond donors (Lipinski definition) is 3. The van der Waals surface area contributed by atoms with Crippen LogP contribution in [0.15, 0.2) is 5.10 Å². The maximum absolute atomic E-state index is 9.59. The van der Waals surface area contributed by atoms with Gasteiger partial charge in [-0.3, -0.25) is 5.41 Å². The largest absolute Gasteiger partial charge is 0.369 e. The average molecular weight is 156 g/mol. The topological polar surface area (TPSA) is 85.7 Å². The van der Waals surface area contributed by atoms with Crippen LogP contribution in [-0.4, -0.2) is 27.5 Å². The normalized spacial score (nSPS) is 30.5. The molecule has 5 nitrogen and oxygen atoms in total. The van der Waals surface area contributed by atoms with E-state index >= 15 is 0 Å². The first-order valence-electron chi connectivity index (χ1n) is 3.34. The molecule has 0 fully saturated rings. The van der Waals surface area contributed by atoms with Gasteiger partial charge in [0.2, 0.25) is 5.96 Å². The first kappa shape index (κ1) is 8.00. The van der Waals surface area contributed by atoms with Crippen molar-refractivity contribution in [1.29, 1.82) is 5.41 Å². The zero-order valence-electron chi connectivity index (χ0n) is 6.63.